The van der Waals surface area contributed by atoms with Crippen LogP contribution in [0.5, 0.6) is 5.75 Å². The quantitative estimate of drug-likeness (QED) is 0.795. The standard InChI is InChI=1S/C15H23NO3/c1-5-12(15(17)18)8-16-9-13-6-11(3)14(19-4)7-10(13)2/h6-7,12,16H,5,8-9H2,1-4H3,(H,17,18). The summed E-state index contributed by atoms with van der Waals surface area (Å²) in [5.74, 6) is -0.171. The molecule has 0 saturated heterocycles. The number of methoxy groups -OCH3 is 1. The van der Waals surface area contributed by atoms with E-state index in [0.29, 0.717) is 19.5 Å². The van der Waals surface area contributed by atoms with Crippen molar-refractivity contribution in [2.24, 2.45) is 5.92 Å². The fourth-order valence-corrected chi connectivity index (χ4v) is 2.05. The lowest BCUT2D eigenvalue weighted by molar-refractivity contribution is -0.141. The Bertz CT molecular complexity index is 443. The third-order valence-corrected chi connectivity index (χ3v) is 3.40. The molecule has 0 aliphatic carbocycles. The Morgan fingerprint density at radius 2 is 2.05 bits per heavy atom. The Labute approximate surface area is 114 Å². The molecule has 1 aromatic rings. The molecule has 4 nitrogen and oxygen atoms in total. The summed E-state index contributed by atoms with van der Waals surface area (Å²) in [5, 5.41) is 12.2. The Hall–Kier alpha value is -1.55. The molecule has 0 heterocycles. The van der Waals surface area contributed by atoms with E-state index < -0.39 is 5.97 Å². The molecule has 106 valence electrons. The maximum atomic E-state index is 10.9. The van der Waals surface area contributed by atoms with Gasteiger partial charge in [0.25, 0.3) is 0 Å². The van der Waals surface area contributed by atoms with Crippen molar-refractivity contribution in [1.82, 2.24) is 5.32 Å². The van der Waals surface area contributed by atoms with Gasteiger partial charge in [-0.2, -0.15) is 0 Å². The van der Waals surface area contributed by atoms with Crippen LogP contribution >= 0.6 is 0 Å². The minimum atomic E-state index is -0.738. The van der Waals surface area contributed by atoms with Crippen LogP contribution in [0.25, 0.3) is 0 Å². The number of hydrogen-bond acceptors (Lipinski definition) is 3. The average Bonchev–Trinajstić information content (AvgIpc) is 2.37. The first-order valence-electron chi connectivity index (χ1n) is 6.57. The molecular weight excluding hydrogens is 242 g/mol. The summed E-state index contributed by atoms with van der Waals surface area (Å²) in [6.07, 6.45) is 0.642. The molecule has 0 spiro atoms. The number of hydrogen-bond donors (Lipinski definition) is 2. The second-order valence-electron chi connectivity index (χ2n) is 4.82. The van der Waals surface area contributed by atoms with Crippen molar-refractivity contribution < 1.29 is 14.6 Å². The van der Waals surface area contributed by atoms with Gasteiger partial charge in [-0.3, -0.25) is 4.79 Å². The monoisotopic (exact) mass is 265 g/mol. The van der Waals surface area contributed by atoms with E-state index in [1.165, 1.54) is 5.56 Å². The number of aliphatic carboxylic acids is 1. The molecular formula is C15H23NO3. The summed E-state index contributed by atoms with van der Waals surface area (Å²) in [7, 11) is 1.67. The summed E-state index contributed by atoms with van der Waals surface area (Å²) >= 11 is 0. The number of nitrogens with one attached hydrogen (secondary N) is 1. The zero-order chi connectivity index (χ0) is 14.4. The molecule has 1 rings (SSSR count). The molecule has 0 aliphatic heterocycles. The summed E-state index contributed by atoms with van der Waals surface area (Å²) in [6.45, 7) is 7.11. The van der Waals surface area contributed by atoms with Gasteiger partial charge in [0.2, 0.25) is 0 Å². The van der Waals surface area contributed by atoms with Crippen molar-refractivity contribution >= 4 is 5.97 Å². The Morgan fingerprint density at radius 1 is 1.37 bits per heavy atom. The number of carboxylic acid groups (broad SMARTS) is 1. The number of benzene rings is 1. The second kappa shape index (κ2) is 7.14. The van der Waals surface area contributed by atoms with Gasteiger partial charge in [0.15, 0.2) is 0 Å². The molecule has 0 aliphatic rings. The van der Waals surface area contributed by atoms with Gasteiger partial charge in [0.05, 0.1) is 13.0 Å². The summed E-state index contributed by atoms with van der Waals surface area (Å²) < 4.78 is 5.27. The van der Waals surface area contributed by atoms with Gasteiger partial charge in [-0.1, -0.05) is 13.0 Å². The molecule has 19 heavy (non-hydrogen) atoms. The van der Waals surface area contributed by atoms with E-state index in [4.69, 9.17) is 9.84 Å². The Kier molecular flexibility index (Phi) is 5.83. The molecule has 0 aromatic heterocycles. The molecule has 0 amide bonds. The molecule has 0 radical (unpaired) electrons. The highest BCUT2D eigenvalue weighted by Gasteiger charge is 2.14. The third-order valence-electron chi connectivity index (χ3n) is 3.40. The average molecular weight is 265 g/mol. The lowest BCUT2D eigenvalue weighted by Crippen LogP contribution is -2.27. The number of ether oxygens (including phenoxy) is 1. The van der Waals surface area contributed by atoms with Crippen LogP contribution in [-0.2, 0) is 11.3 Å². The van der Waals surface area contributed by atoms with Crippen LogP contribution in [0.4, 0.5) is 0 Å². The van der Waals surface area contributed by atoms with Gasteiger partial charge < -0.3 is 15.2 Å². The van der Waals surface area contributed by atoms with Gasteiger partial charge in [-0.15, -0.1) is 0 Å². The van der Waals surface area contributed by atoms with E-state index in [0.717, 1.165) is 16.9 Å². The molecule has 0 bridgehead atoms. The third kappa shape index (κ3) is 4.24. The van der Waals surface area contributed by atoms with Crippen molar-refractivity contribution in [3.8, 4) is 5.75 Å². The minimum absolute atomic E-state index is 0.320. The molecule has 0 saturated carbocycles. The maximum absolute atomic E-state index is 10.9. The van der Waals surface area contributed by atoms with Crippen molar-refractivity contribution in [2.45, 2.75) is 33.7 Å². The highest BCUT2D eigenvalue weighted by atomic mass is 16.5. The van der Waals surface area contributed by atoms with Gasteiger partial charge in [-0.05, 0) is 43.0 Å². The van der Waals surface area contributed by atoms with Crippen molar-refractivity contribution in [1.29, 1.82) is 0 Å². The minimum Gasteiger partial charge on any atom is -0.496 e. The van der Waals surface area contributed by atoms with Crippen LogP contribution < -0.4 is 10.1 Å². The van der Waals surface area contributed by atoms with Gasteiger partial charge in [-0.25, -0.2) is 0 Å². The van der Waals surface area contributed by atoms with E-state index in [9.17, 15) is 4.79 Å². The van der Waals surface area contributed by atoms with Crippen LogP contribution in [0.15, 0.2) is 12.1 Å². The predicted octanol–water partition coefficient (Wildman–Crippen LogP) is 2.51. The number of rotatable bonds is 7. The van der Waals surface area contributed by atoms with Gasteiger partial charge >= 0.3 is 5.97 Å². The van der Waals surface area contributed by atoms with Crippen molar-refractivity contribution in [2.75, 3.05) is 13.7 Å². The van der Waals surface area contributed by atoms with Crippen LogP contribution in [0.1, 0.15) is 30.0 Å². The molecule has 1 atom stereocenters. The second-order valence-corrected chi connectivity index (χ2v) is 4.82. The fraction of sp³-hybridized carbons (Fsp3) is 0.533. The molecule has 4 heteroatoms. The number of carbonyl (C=O) groups is 1. The number of aryl methyl sites for hydroxylation is 2. The van der Waals surface area contributed by atoms with Crippen molar-refractivity contribution in [3.05, 3.63) is 28.8 Å². The van der Waals surface area contributed by atoms with E-state index in [1.807, 2.05) is 26.8 Å². The normalized spacial score (nSPS) is 12.2. The highest BCUT2D eigenvalue weighted by Crippen LogP contribution is 2.22. The van der Waals surface area contributed by atoms with Crippen LogP contribution in [0.2, 0.25) is 0 Å². The van der Waals surface area contributed by atoms with Crippen LogP contribution in [-0.4, -0.2) is 24.7 Å². The zero-order valence-electron chi connectivity index (χ0n) is 12.1. The first-order valence-corrected chi connectivity index (χ1v) is 6.57. The zero-order valence-corrected chi connectivity index (χ0v) is 12.1. The van der Waals surface area contributed by atoms with Gasteiger partial charge in [0.1, 0.15) is 5.75 Å². The summed E-state index contributed by atoms with van der Waals surface area (Å²) in [4.78, 5) is 10.9. The first-order chi connectivity index (χ1) is 8.99. The van der Waals surface area contributed by atoms with E-state index in [2.05, 4.69) is 11.4 Å². The maximum Gasteiger partial charge on any atom is 0.307 e. The largest absolute Gasteiger partial charge is 0.496 e. The lowest BCUT2D eigenvalue weighted by atomic mass is 10.0. The van der Waals surface area contributed by atoms with Crippen LogP contribution in [0, 0.1) is 19.8 Å². The SMILES string of the molecule is CCC(CNCc1cc(C)c(OC)cc1C)C(=O)O. The van der Waals surface area contributed by atoms with Crippen molar-refractivity contribution in [3.63, 3.8) is 0 Å². The molecule has 1 unspecified atom stereocenters. The summed E-state index contributed by atoms with van der Waals surface area (Å²) in [6, 6.07) is 4.10. The predicted molar refractivity (Wildman–Crippen MR) is 75.6 cm³/mol. The first kappa shape index (κ1) is 15.5. The highest BCUT2D eigenvalue weighted by molar-refractivity contribution is 5.70. The topological polar surface area (TPSA) is 58.6 Å². The van der Waals surface area contributed by atoms with Gasteiger partial charge in [0, 0.05) is 13.1 Å². The fourth-order valence-electron chi connectivity index (χ4n) is 2.05. The number of carboxylic acids is 1. The van der Waals surface area contributed by atoms with E-state index in [1.54, 1.807) is 7.11 Å². The molecule has 2 N–H and O–H groups in total. The van der Waals surface area contributed by atoms with E-state index >= 15 is 0 Å². The lowest BCUT2D eigenvalue weighted by Gasteiger charge is -2.14. The Morgan fingerprint density at radius 3 is 2.58 bits per heavy atom. The summed E-state index contributed by atoms with van der Waals surface area (Å²) in [5.41, 5.74) is 3.42. The molecule has 1 aromatic carbocycles. The molecule has 0 fully saturated rings. The smallest absolute Gasteiger partial charge is 0.307 e. The Balaban J connectivity index is 2.63. The van der Waals surface area contributed by atoms with E-state index in [-0.39, 0.29) is 5.92 Å². The van der Waals surface area contributed by atoms with Crippen LogP contribution in [0.3, 0.4) is 0 Å².